The predicted molar refractivity (Wildman–Crippen MR) is 84.6 cm³/mol. The van der Waals surface area contributed by atoms with E-state index >= 15 is 0 Å². The Morgan fingerprint density at radius 3 is 2.33 bits per heavy atom. The number of piperazine rings is 1. The highest BCUT2D eigenvalue weighted by Crippen LogP contribution is 2.16. The van der Waals surface area contributed by atoms with Gasteiger partial charge in [-0.3, -0.25) is 4.79 Å². The average molecular weight is 291 g/mol. The maximum Gasteiger partial charge on any atom is 0.222 e. The van der Waals surface area contributed by atoms with E-state index in [0.29, 0.717) is 12.3 Å². The number of nitrogens with zero attached hydrogens (tertiary/aromatic N) is 5. The van der Waals surface area contributed by atoms with E-state index in [1.807, 2.05) is 36.0 Å². The molecule has 21 heavy (non-hydrogen) atoms. The Morgan fingerprint density at radius 1 is 1.19 bits per heavy atom. The van der Waals surface area contributed by atoms with E-state index in [2.05, 4.69) is 28.9 Å². The molecule has 1 saturated heterocycles. The minimum atomic E-state index is 0.263. The monoisotopic (exact) mass is 291 g/mol. The maximum absolute atomic E-state index is 12.0. The summed E-state index contributed by atoms with van der Waals surface area (Å²) in [7, 11) is 3.89. The van der Waals surface area contributed by atoms with E-state index in [-0.39, 0.29) is 5.91 Å². The number of carbonyl (C=O) groups excluding carboxylic acids is 1. The smallest absolute Gasteiger partial charge is 0.222 e. The van der Waals surface area contributed by atoms with Gasteiger partial charge in [0.05, 0.1) is 0 Å². The molecular weight excluding hydrogens is 266 g/mol. The molecule has 0 N–H and O–H groups in total. The molecule has 1 aliphatic heterocycles. The molecule has 2 heterocycles. The largest absolute Gasteiger partial charge is 0.361 e. The molecule has 1 amide bonds. The molecule has 0 radical (unpaired) electrons. The van der Waals surface area contributed by atoms with Crippen LogP contribution in [0.3, 0.4) is 0 Å². The molecule has 6 heteroatoms. The zero-order valence-corrected chi connectivity index (χ0v) is 13.4. The molecule has 0 unspecified atom stereocenters. The summed E-state index contributed by atoms with van der Waals surface area (Å²) in [6.07, 6.45) is 0.636. The van der Waals surface area contributed by atoms with Crippen LogP contribution >= 0.6 is 0 Å². The van der Waals surface area contributed by atoms with Crippen LogP contribution in [0.15, 0.2) is 12.1 Å². The number of hydrogen-bond acceptors (Lipinski definition) is 5. The van der Waals surface area contributed by atoms with Crippen LogP contribution in [0.5, 0.6) is 0 Å². The lowest BCUT2D eigenvalue weighted by atomic mass is 10.1. The van der Waals surface area contributed by atoms with E-state index in [4.69, 9.17) is 0 Å². The van der Waals surface area contributed by atoms with Gasteiger partial charge in [-0.1, -0.05) is 13.8 Å². The van der Waals surface area contributed by atoms with Crippen LogP contribution in [0.4, 0.5) is 11.6 Å². The number of aromatic nitrogens is 2. The van der Waals surface area contributed by atoms with Gasteiger partial charge in [-0.15, -0.1) is 10.2 Å². The second kappa shape index (κ2) is 6.74. The van der Waals surface area contributed by atoms with Gasteiger partial charge in [0.25, 0.3) is 0 Å². The lowest BCUT2D eigenvalue weighted by molar-refractivity contribution is -0.132. The van der Waals surface area contributed by atoms with Crippen molar-refractivity contribution >= 4 is 17.5 Å². The number of hydrogen-bond donors (Lipinski definition) is 0. The standard InChI is InChI=1S/C15H25N5O/c1-12(2)11-15(21)20-9-7-19(8-10-20)14-6-5-13(16-17-14)18(3)4/h5-6,12H,7-11H2,1-4H3. The van der Waals surface area contributed by atoms with Crippen LogP contribution in [-0.2, 0) is 4.79 Å². The number of rotatable bonds is 4. The van der Waals surface area contributed by atoms with Gasteiger partial charge >= 0.3 is 0 Å². The van der Waals surface area contributed by atoms with Crippen molar-refractivity contribution in [2.45, 2.75) is 20.3 Å². The second-order valence-electron chi connectivity index (χ2n) is 6.11. The first-order chi connectivity index (χ1) is 9.97. The van der Waals surface area contributed by atoms with Gasteiger partial charge in [-0.25, -0.2) is 0 Å². The first-order valence-corrected chi connectivity index (χ1v) is 7.51. The lowest BCUT2D eigenvalue weighted by Crippen LogP contribution is -2.49. The summed E-state index contributed by atoms with van der Waals surface area (Å²) in [5.41, 5.74) is 0. The summed E-state index contributed by atoms with van der Waals surface area (Å²) in [6, 6.07) is 3.96. The van der Waals surface area contributed by atoms with Crippen molar-refractivity contribution in [1.29, 1.82) is 0 Å². The maximum atomic E-state index is 12.0. The van der Waals surface area contributed by atoms with Gasteiger partial charge in [-0.05, 0) is 18.1 Å². The van der Waals surface area contributed by atoms with Gasteiger partial charge in [0.1, 0.15) is 0 Å². The van der Waals surface area contributed by atoms with Crippen molar-refractivity contribution in [3.8, 4) is 0 Å². The highest BCUT2D eigenvalue weighted by molar-refractivity contribution is 5.76. The zero-order chi connectivity index (χ0) is 15.4. The minimum absolute atomic E-state index is 0.263. The molecule has 0 atom stereocenters. The van der Waals surface area contributed by atoms with Gasteiger partial charge < -0.3 is 14.7 Å². The van der Waals surface area contributed by atoms with Crippen LogP contribution in [0.1, 0.15) is 20.3 Å². The van der Waals surface area contributed by atoms with Crippen molar-refractivity contribution in [3.05, 3.63) is 12.1 Å². The minimum Gasteiger partial charge on any atom is -0.361 e. The molecule has 1 fully saturated rings. The number of amides is 1. The van der Waals surface area contributed by atoms with Gasteiger partial charge in [0, 0.05) is 46.7 Å². The van der Waals surface area contributed by atoms with Crippen LogP contribution in [-0.4, -0.2) is 61.3 Å². The zero-order valence-electron chi connectivity index (χ0n) is 13.4. The predicted octanol–water partition coefficient (Wildman–Crippen LogP) is 1.24. The van der Waals surface area contributed by atoms with Crippen molar-refractivity contribution in [3.63, 3.8) is 0 Å². The summed E-state index contributed by atoms with van der Waals surface area (Å²) in [5.74, 6) is 2.42. The van der Waals surface area contributed by atoms with Crippen molar-refractivity contribution in [1.82, 2.24) is 15.1 Å². The van der Waals surface area contributed by atoms with Gasteiger partial charge in [-0.2, -0.15) is 0 Å². The van der Waals surface area contributed by atoms with Gasteiger partial charge in [0.15, 0.2) is 11.6 Å². The summed E-state index contributed by atoms with van der Waals surface area (Å²) < 4.78 is 0. The Kier molecular flexibility index (Phi) is 4.98. The molecule has 0 aliphatic carbocycles. The van der Waals surface area contributed by atoms with E-state index in [1.54, 1.807) is 0 Å². The molecule has 0 bridgehead atoms. The van der Waals surface area contributed by atoms with Crippen LogP contribution in [0.25, 0.3) is 0 Å². The fourth-order valence-corrected chi connectivity index (χ4v) is 2.39. The number of anilines is 2. The summed E-state index contributed by atoms with van der Waals surface area (Å²) in [5, 5.41) is 8.47. The third-order valence-corrected chi connectivity index (χ3v) is 3.63. The van der Waals surface area contributed by atoms with Crippen LogP contribution < -0.4 is 9.80 Å². The SMILES string of the molecule is CC(C)CC(=O)N1CCN(c2ccc(N(C)C)nn2)CC1. The van der Waals surface area contributed by atoms with Gasteiger partial charge in [0.2, 0.25) is 5.91 Å². The molecule has 116 valence electrons. The molecule has 6 nitrogen and oxygen atoms in total. The second-order valence-corrected chi connectivity index (χ2v) is 6.11. The topological polar surface area (TPSA) is 52.6 Å². The molecule has 0 spiro atoms. The first-order valence-electron chi connectivity index (χ1n) is 7.51. The van der Waals surface area contributed by atoms with E-state index in [1.165, 1.54) is 0 Å². The third kappa shape index (κ3) is 4.06. The molecule has 1 aromatic heterocycles. The third-order valence-electron chi connectivity index (χ3n) is 3.63. The Bertz CT molecular complexity index is 463. The fourth-order valence-electron chi connectivity index (χ4n) is 2.39. The Hall–Kier alpha value is -1.85. The van der Waals surface area contributed by atoms with E-state index in [0.717, 1.165) is 37.8 Å². The summed E-state index contributed by atoms with van der Waals surface area (Å²) >= 11 is 0. The molecule has 1 aliphatic rings. The first kappa shape index (κ1) is 15.5. The summed E-state index contributed by atoms with van der Waals surface area (Å²) in [6.45, 7) is 7.33. The number of carbonyl (C=O) groups is 1. The van der Waals surface area contributed by atoms with Crippen LogP contribution in [0.2, 0.25) is 0 Å². The van der Waals surface area contributed by atoms with Crippen molar-refractivity contribution < 1.29 is 4.79 Å². The lowest BCUT2D eigenvalue weighted by Gasteiger charge is -2.35. The molecule has 1 aromatic rings. The highest BCUT2D eigenvalue weighted by Gasteiger charge is 2.22. The van der Waals surface area contributed by atoms with Crippen molar-refractivity contribution in [2.75, 3.05) is 50.1 Å². The molecule has 0 saturated carbocycles. The molecule has 2 rings (SSSR count). The quantitative estimate of drug-likeness (QED) is 0.835. The average Bonchev–Trinajstić information content (AvgIpc) is 2.47. The Balaban J connectivity index is 1.90. The normalized spacial score (nSPS) is 15.5. The molecule has 0 aromatic carbocycles. The Labute approximate surface area is 126 Å². The Morgan fingerprint density at radius 2 is 1.86 bits per heavy atom. The van der Waals surface area contributed by atoms with Crippen molar-refractivity contribution in [2.24, 2.45) is 5.92 Å². The highest BCUT2D eigenvalue weighted by atomic mass is 16.2. The fraction of sp³-hybridized carbons (Fsp3) is 0.667. The van der Waals surface area contributed by atoms with Crippen LogP contribution in [0, 0.1) is 5.92 Å². The molecular formula is C15H25N5O. The summed E-state index contributed by atoms with van der Waals surface area (Å²) in [4.78, 5) is 18.1. The van der Waals surface area contributed by atoms with E-state index in [9.17, 15) is 4.79 Å². The van der Waals surface area contributed by atoms with E-state index < -0.39 is 0 Å².